The van der Waals surface area contributed by atoms with Crippen molar-refractivity contribution >= 4 is 28.6 Å². The lowest BCUT2D eigenvalue weighted by Crippen LogP contribution is -2.44. The van der Waals surface area contributed by atoms with Crippen LogP contribution in [0.3, 0.4) is 0 Å². The van der Waals surface area contributed by atoms with Gasteiger partial charge < -0.3 is 15.7 Å². The van der Waals surface area contributed by atoms with Crippen LogP contribution < -0.4 is 21.9 Å². The Bertz CT molecular complexity index is 1750. The first-order valence-electron chi connectivity index (χ1n) is 13.8. The van der Waals surface area contributed by atoms with Crippen LogP contribution >= 0.6 is 0 Å². The van der Waals surface area contributed by atoms with Gasteiger partial charge in [-0.25, -0.2) is 14.2 Å². The number of halogens is 1. The number of aliphatic hydroxyl groups is 1. The second-order valence-corrected chi connectivity index (χ2v) is 9.63. The van der Waals surface area contributed by atoms with Gasteiger partial charge in [0.25, 0.3) is 5.56 Å². The van der Waals surface area contributed by atoms with Gasteiger partial charge in [0.15, 0.2) is 0 Å². The fraction of sp³-hybridized carbons (Fsp3) is 0.250. The molecule has 0 unspecified atom stereocenters. The minimum Gasteiger partial charge on any atom is -0.515 e. The molecule has 9 nitrogen and oxygen atoms in total. The van der Waals surface area contributed by atoms with Crippen molar-refractivity contribution in [3.8, 4) is 5.69 Å². The van der Waals surface area contributed by atoms with Crippen LogP contribution in [0.15, 0.2) is 87.7 Å². The molecule has 10 heteroatoms. The number of aryl methyl sites for hydroxylation is 1. The summed E-state index contributed by atoms with van der Waals surface area (Å²) >= 11 is 0. The fourth-order valence-electron chi connectivity index (χ4n) is 4.55. The minimum absolute atomic E-state index is 0.0415. The maximum Gasteiger partial charge on any atom is 0.336 e. The van der Waals surface area contributed by atoms with E-state index in [9.17, 15) is 19.1 Å². The third-order valence-corrected chi connectivity index (χ3v) is 6.65. The Labute approximate surface area is 243 Å². The zero-order valence-corrected chi connectivity index (χ0v) is 24.4. The van der Waals surface area contributed by atoms with Crippen LogP contribution in [-0.4, -0.2) is 32.1 Å². The van der Waals surface area contributed by atoms with Gasteiger partial charge >= 0.3 is 5.69 Å². The van der Waals surface area contributed by atoms with Gasteiger partial charge in [0.05, 0.1) is 23.3 Å². The standard InChI is InChI=1S/C30H29FN6O3.C2H6/c1-18-10-13-24(23(31)15-18)35-28(32-3)26-27(19(2)17-38)36(30(40)37(29(26)39)21-11-12-21)22-8-6-7-20(16-22)34-25-9-4-5-14-33-25;1-2/h4-10,13-17,21,38H,11-12H2,1-3H3,(H,32,35)(H,33,34);1-2H3/b19-17+;. The maximum absolute atomic E-state index is 14.8. The molecule has 1 saturated carbocycles. The molecular weight excluding hydrogens is 535 g/mol. The minimum atomic E-state index is -0.566. The van der Waals surface area contributed by atoms with E-state index >= 15 is 0 Å². The highest BCUT2D eigenvalue weighted by molar-refractivity contribution is 6.10. The first-order valence-corrected chi connectivity index (χ1v) is 13.8. The average Bonchev–Trinajstić information content (AvgIpc) is 3.83. The number of anilines is 3. The summed E-state index contributed by atoms with van der Waals surface area (Å²) < 4.78 is 17.4. The number of benzene rings is 2. The van der Waals surface area contributed by atoms with Gasteiger partial charge in [0.1, 0.15) is 23.0 Å². The second-order valence-electron chi connectivity index (χ2n) is 9.63. The van der Waals surface area contributed by atoms with Crippen LogP contribution in [-0.2, 0) is 0 Å². The molecule has 2 aromatic carbocycles. The Morgan fingerprint density at radius 1 is 1.10 bits per heavy atom. The van der Waals surface area contributed by atoms with Gasteiger partial charge in [-0.2, -0.15) is 0 Å². The summed E-state index contributed by atoms with van der Waals surface area (Å²) in [6, 6.07) is 17.0. The van der Waals surface area contributed by atoms with Crippen molar-refractivity contribution in [3.63, 3.8) is 0 Å². The predicted octanol–water partition coefficient (Wildman–Crippen LogP) is 6.35. The molecule has 218 valence electrons. The van der Waals surface area contributed by atoms with Crippen molar-refractivity contribution in [1.29, 1.82) is 0 Å². The molecule has 2 aromatic heterocycles. The Morgan fingerprint density at radius 2 is 1.86 bits per heavy atom. The predicted molar refractivity (Wildman–Crippen MR) is 167 cm³/mol. The van der Waals surface area contributed by atoms with E-state index in [0.29, 0.717) is 30.0 Å². The largest absolute Gasteiger partial charge is 0.515 e. The zero-order chi connectivity index (χ0) is 30.4. The number of aliphatic hydroxyl groups excluding tert-OH is 1. The summed E-state index contributed by atoms with van der Waals surface area (Å²) in [5.74, 6) is 0.170. The number of aliphatic imine (C=N–C) groups is 1. The Balaban J connectivity index is 0.00000198. The van der Waals surface area contributed by atoms with E-state index in [1.807, 2.05) is 38.1 Å². The van der Waals surface area contributed by atoms with Gasteiger partial charge in [-0.05, 0) is 74.7 Å². The number of pyridine rings is 1. The van der Waals surface area contributed by atoms with E-state index in [0.717, 1.165) is 11.8 Å². The second kappa shape index (κ2) is 13.1. The highest BCUT2D eigenvalue weighted by atomic mass is 19.1. The van der Waals surface area contributed by atoms with E-state index in [1.54, 1.807) is 50.4 Å². The summed E-state index contributed by atoms with van der Waals surface area (Å²) in [4.78, 5) is 36.5. The third-order valence-electron chi connectivity index (χ3n) is 6.65. The Morgan fingerprint density at radius 3 is 2.48 bits per heavy atom. The lowest BCUT2D eigenvalue weighted by molar-refractivity contribution is 0.474. The van der Waals surface area contributed by atoms with Gasteiger partial charge in [-0.15, -0.1) is 0 Å². The molecule has 0 spiro atoms. The van der Waals surface area contributed by atoms with Gasteiger partial charge in [0.2, 0.25) is 0 Å². The number of rotatable bonds is 7. The van der Waals surface area contributed by atoms with Crippen molar-refractivity contribution in [2.45, 2.75) is 46.6 Å². The Kier molecular flexibility index (Phi) is 9.36. The molecule has 1 fully saturated rings. The molecule has 0 saturated heterocycles. The first-order chi connectivity index (χ1) is 20.3. The molecular formula is C32H35FN6O3. The zero-order valence-electron chi connectivity index (χ0n) is 24.4. The first kappa shape index (κ1) is 30.0. The summed E-state index contributed by atoms with van der Waals surface area (Å²) in [5, 5.41) is 16.3. The molecule has 2 heterocycles. The third kappa shape index (κ3) is 6.17. The van der Waals surface area contributed by atoms with E-state index in [2.05, 4.69) is 20.6 Å². The number of amidine groups is 1. The fourth-order valence-corrected chi connectivity index (χ4v) is 4.55. The summed E-state index contributed by atoms with van der Waals surface area (Å²) in [5.41, 5.74) is 1.31. The summed E-state index contributed by atoms with van der Waals surface area (Å²) in [6.45, 7) is 7.36. The van der Waals surface area contributed by atoms with E-state index < -0.39 is 17.1 Å². The SMILES string of the molecule is CC.CN=C(Nc1ccc(C)cc1F)c1c(/C(C)=C/O)n(-c2cccc(Nc3ccccn3)c2)c(=O)n(C2CC2)c1=O. The molecule has 3 N–H and O–H groups in total. The lowest BCUT2D eigenvalue weighted by Gasteiger charge is -2.21. The normalized spacial score (nSPS) is 13.3. The smallest absolute Gasteiger partial charge is 0.336 e. The van der Waals surface area contributed by atoms with Crippen LogP contribution in [0.5, 0.6) is 0 Å². The van der Waals surface area contributed by atoms with Crippen LogP contribution in [0.4, 0.5) is 21.6 Å². The van der Waals surface area contributed by atoms with Crippen molar-refractivity contribution in [2.24, 2.45) is 4.99 Å². The van der Waals surface area contributed by atoms with E-state index in [4.69, 9.17) is 0 Å². The number of hydrogen-bond donors (Lipinski definition) is 3. The van der Waals surface area contributed by atoms with Crippen molar-refractivity contribution in [2.75, 3.05) is 17.7 Å². The summed E-state index contributed by atoms with van der Waals surface area (Å²) in [7, 11) is 1.48. The molecule has 0 radical (unpaired) electrons. The molecule has 4 aromatic rings. The quantitative estimate of drug-likeness (QED) is 0.136. The average molecular weight is 571 g/mol. The molecule has 0 atom stereocenters. The van der Waals surface area contributed by atoms with Crippen molar-refractivity contribution in [3.05, 3.63) is 117 Å². The molecule has 0 amide bonds. The lowest BCUT2D eigenvalue weighted by atomic mass is 10.1. The highest BCUT2D eigenvalue weighted by Crippen LogP contribution is 2.33. The highest BCUT2D eigenvalue weighted by Gasteiger charge is 2.33. The van der Waals surface area contributed by atoms with E-state index in [-0.39, 0.29) is 34.4 Å². The number of allylic oxidation sites excluding steroid dienone is 1. The molecule has 1 aliphatic rings. The van der Waals surface area contributed by atoms with Crippen LogP contribution in [0.2, 0.25) is 0 Å². The van der Waals surface area contributed by atoms with Gasteiger partial charge in [-0.3, -0.25) is 18.9 Å². The number of nitrogens with zero attached hydrogens (tertiary/aromatic N) is 4. The van der Waals surface area contributed by atoms with Crippen LogP contribution in [0.1, 0.15) is 56.5 Å². The number of aromatic nitrogens is 3. The topological polar surface area (TPSA) is 114 Å². The van der Waals surface area contributed by atoms with Crippen molar-refractivity contribution in [1.82, 2.24) is 14.1 Å². The molecule has 5 rings (SSSR count). The molecule has 42 heavy (non-hydrogen) atoms. The van der Waals surface area contributed by atoms with E-state index in [1.165, 1.54) is 22.2 Å². The monoisotopic (exact) mass is 570 g/mol. The van der Waals surface area contributed by atoms with Crippen LogP contribution in [0, 0.1) is 12.7 Å². The van der Waals surface area contributed by atoms with Gasteiger partial charge in [-0.1, -0.05) is 32.0 Å². The Hall–Kier alpha value is -4.99. The van der Waals surface area contributed by atoms with Crippen molar-refractivity contribution < 1.29 is 9.50 Å². The molecule has 0 bridgehead atoms. The number of nitrogens with one attached hydrogen (secondary N) is 2. The number of hydrogen-bond acceptors (Lipinski definition) is 6. The van der Waals surface area contributed by atoms with Crippen LogP contribution in [0.25, 0.3) is 11.3 Å². The molecule has 0 aliphatic heterocycles. The molecule has 1 aliphatic carbocycles. The maximum atomic E-state index is 14.8. The van der Waals surface area contributed by atoms with Gasteiger partial charge in [0, 0.05) is 30.5 Å². The summed E-state index contributed by atoms with van der Waals surface area (Å²) in [6.07, 6.45) is 3.87.